The Morgan fingerprint density at radius 2 is 1.94 bits per heavy atom. The standard InChI is InChI=1S/C10H7Br2N3O/c11-7-8(14-15-9(7)12)10(16)13-6-4-2-1-3-5-6/h1-5H,(H,13,16)(H,14,15). The molecule has 0 fully saturated rings. The monoisotopic (exact) mass is 343 g/mol. The minimum absolute atomic E-state index is 0.264. The van der Waals surface area contributed by atoms with Crippen LogP contribution < -0.4 is 5.32 Å². The number of carbonyl (C=O) groups is 1. The highest BCUT2D eigenvalue weighted by molar-refractivity contribution is 9.13. The Labute approximate surface area is 109 Å². The Bertz CT molecular complexity index is 510. The van der Waals surface area contributed by atoms with Crippen LogP contribution in [0.1, 0.15) is 10.5 Å². The zero-order chi connectivity index (χ0) is 11.5. The van der Waals surface area contributed by atoms with E-state index in [4.69, 9.17) is 0 Å². The maximum absolute atomic E-state index is 11.8. The Hall–Kier alpha value is -1.14. The summed E-state index contributed by atoms with van der Waals surface area (Å²) in [5.74, 6) is -0.264. The number of amides is 1. The van der Waals surface area contributed by atoms with Crippen molar-refractivity contribution in [2.45, 2.75) is 0 Å². The minimum Gasteiger partial charge on any atom is -0.321 e. The zero-order valence-corrected chi connectivity index (χ0v) is 11.2. The lowest BCUT2D eigenvalue weighted by atomic mass is 10.3. The summed E-state index contributed by atoms with van der Waals surface area (Å²) in [4.78, 5) is 11.8. The molecule has 4 nitrogen and oxygen atoms in total. The molecule has 2 rings (SSSR count). The first-order valence-electron chi connectivity index (χ1n) is 4.44. The molecular formula is C10H7Br2N3O. The molecule has 0 spiro atoms. The van der Waals surface area contributed by atoms with Crippen molar-refractivity contribution in [3.8, 4) is 0 Å². The van der Waals surface area contributed by atoms with E-state index in [1.165, 1.54) is 0 Å². The zero-order valence-electron chi connectivity index (χ0n) is 8.00. The van der Waals surface area contributed by atoms with E-state index in [-0.39, 0.29) is 5.91 Å². The molecule has 0 saturated carbocycles. The second-order valence-electron chi connectivity index (χ2n) is 3.02. The summed E-state index contributed by atoms with van der Waals surface area (Å²) in [5.41, 5.74) is 1.05. The topological polar surface area (TPSA) is 57.8 Å². The molecule has 0 aliphatic heterocycles. The highest BCUT2D eigenvalue weighted by Gasteiger charge is 2.16. The maximum atomic E-state index is 11.8. The van der Waals surface area contributed by atoms with Crippen molar-refractivity contribution in [3.63, 3.8) is 0 Å². The maximum Gasteiger partial charge on any atom is 0.277 e. The molecule has 0 radical (unpaired) electrons. The van der Waals surface area contributed by atoms with Crippen LogP contribution in [-0.4, -0.2) is 16.1 Å². The largest absolute Gasteiger partial charge is 0.321 e. The summed E-state index contributed by atoms with van der Waals surface area (Å²) in [6.45, 7) is 0. The fraction of sp³-hybridized carbons (Fsp3) is 0. The van der Waals surface area contributed by atoms with Gasteiger partial charge in [-0.3, -0.25) is 9.89 Å². The second kappa shape index (κ2) is 4.80. The molecule has 2 N–H and O–H groups in total. The molecule has 1 aromatic heterocycles. The van der Waals surface area contributed by atoms with E-state index in [0.29, 0.717) is 14.8 Å². The van der Waals surface area contributed by atoms with Crippen molar-refractivity contribution in [2.75, 3.05) is 5.32 Å². The predicted octanol–water partition coefficient (Wildman–Crippen LogP) is 3.19. The molecule has 1 heterocycles. The fourth-order valence-corrected chi connectivity index (χ4v) is 1.80. The summed E-state index contributed by atoms with van der Waals surface area (Å²) in [6.07, 6.45) is 0. The van der Waals surface area contributed by atoms with Crippen molar-refractivity contribution in [3.05, 3.63) is 45.1 Å². The van der Waals surface area contributed by atoms with Crippen molar-refractivity contribution in [2.24, 2.45) is 0 Å². The third kappa shape index (κ3) is 2.33. The second-order valence-corrected chi connectivity index (χ2v) is 4.61. The lowest BCUT2D eigenvalue weighted by Crippen LogP contribution is -2.12. The molecule has 1 aromatic carbocycles. The minimum atomic E-state index is -0.264. The molecular weight excluding hydrogens is 338 g/mol. The summed E-state index contributed by atoms with van der Waals surface area (Å²) in [6, 6.07) is 9.22. The molecule has 1 amide bonds. The molecule has 16 heavy (non-hydrogen) atoms. The molecule has 82 valence electrons. The van der Waals surface area contributed by atoms with E-state index in [0.717, 1.165) is 5.69 Å². The van der Waals surface area contributed by atoms with Crippen LogP contribution in [0.25, 0.3) is 0 Å². The highest BCUT2D eigenvalue weighted by Crippen LogP contribution is 2.24. The average Bonchev–Trinajstić information content (AvgIpc) is 2.61. The van der Waals surface area contributed by atoms with Crippen molar-refractivity contribution in [1.82, 2.24) is 10.2 Å². The first-order valence-corrected chi connectivity index (χ1v) is 6.03. The quantitative estimate of drug-likeness (QED) is 0.879. The average molecular weight is 345 g/mol. The van der Waals surface area contributed by atoms with Crippen LogP contribution in [0, 0.1) is 0 Å². The Morgan fingerprint density at radius 3 is 2.50 bits per heavy atom. The van der Waals surface area contributed by atoms with Gasteiger partial charge in [-0.05, 0) is 44.0 Å². The number of aromatic amines is 1. The molecule has 0 saturated heterocycles. The number of nitrogens with zero attached hydrogens (tertiary/aromatic N) is 1. The summed E-state index contributed by atoms with van der Waals surface area (Å²) < 4.78 is 1.26. The molecule has 0 unspecified atom stereocenters. The van der Waals surface area contributed by atoms with Gasteiger partial charge in [0.1, 0.15) is 4.60 Å². The third-order valence-electron chi connectivity index (χ3n) is 1.91. The van der Waals surface area contributed by atoms with Gasteiger partial charge in [0.05, 0.1) is 4.47 Å². The van der Waals surface area contributed by atoms with Gasteiger partial charge < -0.3 is 5.32 Å². The van der Waals surface area contributed by atoms with Crippen LogP contribution in [0.15, 0.2) is 39.4 Å². The first-order chi connectivity index (χ1) is 7.68. The summed E-state index contributed by atoms with van der Waals surface area (Å²) in [5, 5.41) is 9.28. The van der Waals surface area contributed by atoms with Gasteiger partial charge in [-0.25, -0.2) is 0 Å². The number of hydrogen-bond acceptors (Lipinski definition) is 2. The van der Waals surface area contributed by atoms with Gasteiger partial charge in [-0.2, -0.15) is 5.10 Å². The van der Waals surface area contributed by atoms with Crippen molar-refractivity contribution >= 4 is 43.5 Å². The predicted molar refractivity (Wildman–Crippen MR) is 68.4 cm³/mol. The number of benzene rings is 1. The normalized spacial score (nSPS) is 10.1. The number of aromatic nitrogens is 2. The van der Waals surface area contributed by atoms with Crippen LogP contribution >= 0.6 is 31.9 Å². The number of anilines is 1. The third-order valence-corrected chi connectivity index (χ3v) is 3.79. The SMILES string of the molecule is O=C(Nc1ccccc1)c1n[nH]c(Br)c1Br. The Balaban J connectivity index is 2.18. The van der Waals surface area contributed by atoms with Gasteiger partial charge in [0, 0.05) is 5.69 Å². The van der Waals surface area contributed by atoms with Crippen molar-refractivity contribution in [1.29, 1.82) is 0 Å². The van der Waals surface area contributed by atoms with Gasteiger partial charge in [0.15, 0.2) is 5.69 Å². The van der Waals surface area contributed by atoms with E-state index in [9.17, 15) is 4.79 Å². The van der Waals surface area contributed by atoms with Crippen LogP contribution in [0.2, 0.25) is 0 Å². The van der Waals surface area contributed by atoms with E-state index in [1.54, 1.807) is 0 Å². The van der Waals surface area contributed by atoms with E-state index in [2.05, 4.69) is 47.4 Å². The molecule has 0 bridgehead atoms. The molecule has 0 atom stereocenters. The van der Waals surface area contributed by atoms with Gasteiger partial charge in [-0.1, -0.05) is 18.2 Å². The lowest BCUT2D eigenvalue weighted by Gasteiger charge is -2.02. The van der Waals surface area contributed by atoms with Crippen LogP contribution in [0.4, 0.5) is 5.69 Å². The number of nitrogens with one attached hydrogen (secondary N) is 2. The highest BCUT2D eigenvalue weighted by atomic mass is 79.9. The van der Waals surface area contributed by atoms with Gasteiger partial charge in [0.25, 0.3) is 5.91 Å². The Kier molecular flexibility index (Phi) is 3.40. The summed E-state index contributed by atoms with van der Waals surface area (Å²) >= 11 is 6.49. The lowest BCUT2D eigenvalue weighted by molar-refractivity contribution is 0.102. The molecule has 6 heteroatoms. The number of hydrogen-bond donors (Lipinski definition) is 2. The number of rotatable bonds is 2. The number of carbonyl (C=O) groups excluding carboxylic acids is 1. The molecule has 2 aromatic rings. The number of halogens is 2. The van der Waals surface area contributed by atoms with E-state index >= 15 is 0 Å². The summed E-state index contributed by atoms with van der Waals surface area (Å²) in [7, 11) is 0. The number of H-pyrrole nitrogens is 1. The van der Waals surface area contributed by atoms with E-state index in [1.807, 2.05) is 30.3 Å². The van der Waals surface area contributed by atoms with Crippen LogP contribution in [0.3, 0.4) is 0 Å². The fourth-order valence-electron chi connectivity index (χ4n) is 1.17. The van der Waals surface area contributed by atoms with Gasteiger partial charge >= 0.3 is 0 Å². The van der Waals surface area contributed by atoms with Crippen LogP contribution in [0.5, 0.6) is 0 Å². The van der Waals surface area contributed by atoms with Crippen molar-refractivity contribution < 1.29 is 4.79 Å². The first kappa shape index (κ1) is 11.3. The van der Waals surface area contributed by atoms with Gasteiger partial charge in [-0.15, -0.1) is 0 Å². The molecule has 0 aliphatic rings. The molecule has 0 aliphatic carbocycles. The van der Waals surface area contributed by atoms with E-state index < -0.39 is 0 Å². The van der Waals surface area contributed by atoms with Gasteiger partial charge in [0.2, 0.25) is 0 Å². The smallest absolute Gasteiger partial charge is 0.277 e. The Morgan fingerprint density at radius 1 is 1.25 bits per heavy atom. The number of para-hydroxylation sites is 1. The van der Waals surface area contributed by atoms with Crippen LogP contribution in [-0.2, 0) is 0 Å².